The standard InChI is InChI=1S/C24H32N6O3/c1-4-22(32)29-8-9-30(17(3)12-29)23-20-14-28(13-18-11-19(31)6-5-16(18)2)15-21(20)26-24(27-23)33-10-7-25/h4-6,11,17,31H,1,7-10,12-15,25H2,2-3H3/t17-/m0/s1. The van der Waals surface area contributed by atoms with Crippen LogP contribution < -0.4 is 15.4 Å². The first-order chi connectivity index (χ1) is 15.9. The number of phenolic OH excluding ortho intramolecular Hbond substituents is 1. The van der Waals surface area contributed by atoms with Crippen LogP contribution >= 0.6 is 0 Å². The minimum atomic E-state index is -0.0472. The molecule has 2 aliphatic rings. The lowest BCUT2D eigenvalue weighted by molar-refractivity contribution is -0.126. The third kappa shape index (κ3) is 4.94. The fraction of sp³-hybridized carbons (Fsp3) is 0.458. The van der Waals surface area contributed by atoms with E-state index in [1.165, 1.54) is 6.08 Å². The van der Waals surface area contributed by atoms with Gasteiger partial charge >= 0.3 is 6.01 Å². The summed E-state index contributed by atoms with van der Waals surface area (Å²) in [7, 11) is 0. The highest BCUT2D eigenvalue weighted by molar-refractivity contribution is 5.87. The van der Waals surface area contributed by atoms with Crippen molar-refractivity contribution in [2.75, 3.05) is 37.7 Å². The smallest absolute Gasteiger partial charge is 0.318 e. The molecule has 1 aromatic heterocycles. The average Bonchev–Trinajstić information content (AvgIpc) is 3.21. The van der Waals surface area contributed by atoms with Crippen molar-refractivity contribution in [1.29, 1.82) is 0 Å². The number of carbonyl (C=O) groups excluding carboxylic acids is 1. The zero-order chi connectivity index (χ0) is 23.5. The number of benzene rings is 1. The summed E-state index contributed by atoms with van der Waals surface area (Å²) >= 11 is 0. The molecule has 33 heavy (non-hydrogen) atoms. The number of amides is 1. The quantitative estimate of drug-likeness (QED) is 0.610. The molecule has 0 spiro atoms. The summed E-state index contributed by atoms with van der Waals surface area (Å²) in [5.74, 6) is 1.08. The number of phenols is 1. The summed E-state index contributed by atoms with van der Waals surface area (Å²) in [4.78, 5) is 27.9. The molecule has 0 unspecified atom stereocenters. The Bertz CT molecular complexity index is 1040. The molecule has 0 aliphatic carbocycles. The number of nitrogens with two attached hydrogens (primary N) is 1. The van der Waals surface area contributed by atoms with Gasteiger partial charge in [-0.15, -0.1) is 0 Å². The highest BCUT2D eigenvalue weighted by Gasteiger charge is 2.33. The fourth-order valence-corrected chi connectivity index (χ4v) is 4.51. The van der Waals surface area contributed by atoms with Crippen molar-refractivity contribution in [3.63, 3.8) is 0 Å². The Labute approximate surface area is 194 Å². The van der Waals surface area contributed by atoms with Crippen LogP contribution in [0, 0.1) is 6.92 Å². The van der Waals surface area contributed by atoms with Crippen molar-refractivity contribution < 1.29 is 14.6 Å². The summed E-state index contributed by atoms with van der Waals surface area (Å²) in [5.41, 5.74) is 9.87. The maximum atomic E-state index is 12.1. The van der Waals surface area contributed by atoms with Crippen molar-refractivity contribution in [3.05, 3.63) is 53.2 Å². The third-order valence-corrected chi connectivity index (χ3v) is 6.27. The Morgan fingerprint density at radius 2 is 2.15 bits per heavy atom. The molecule has 176 valence electrons. The second-order valence-electron chi connectivity index (χ2n) is 8.68. The van der Waals surface area contributed by atoms with Crippen LogP contribution in [0.4, 0.5) is 5.82 Å². The Morgan fingerprint density at radius 1 is 1.33 bits per heavy atom. The molecule has 1 aromatic carbocycles. The summed E-state index contributed by atoms with van der Waals surface area (Å²) in [6.45, 7) is 12.5. The number of carbonyl (C=O) groups is 1. The number of anilines is 1. The summed E-state index contributed by atoms with van der Waals surface area (Å²) < 4.78 is 5.71. The number of nitrogens with zero attached hydrogens (tertiary/aromatic N) is 5. The van der Waals surface area contributed by atoms with Crippen molar-refractivity contribution in [2.24, 2.45) is 5.73 Å². The van der Waals surface area contributed by atoms with Crippen LogP contribution in [0.15, 0.2) is 30.9 Å². The van der Waals surface area contributed by atoms with Gasteiger partial charge in [-0.2, -0.15) is 9.97 Å². The van der Waals surface area contributed by atoms with E-state index in [4.69, 9.17) is 15.5 Å². The van der Waals surface area contributed by atoms with Crippen molar-refractivity contribution in [3.8, 4) is 11.8 Å². The van der Waals surface area contributed by atoms with Crippen molar-refractivity contribution in [2.45, 2.75) is 39.5 Å². The molecule has 2 aliphatic heterocycles. The van der Waals surface area contributed by atoms with Gasteiger partial charge in [-0.05, 0) is 43.2 Å². The van der Waals surface area contributed by atoms with Crippen LogP contribution in [-0.4, -0.2) is 69.6 Å². The molecular formula is C24H32N6O3. The molecule has 0 saturated carbocycles. The first kappa shape index (κ1) is 23.0. The molecule has 2 aromatic rings. The zero-order valence-electron chi connectivity index (χ0n) is 19.3. The highest BCUT2D eigenvalue weighted by Crippen LogP contribution is 2.34. The van der Waals surface area contributed by atoms with Gasteiger partial charge < -0.3 is 25.4 Å². The minimum Gasteiger partial charge on any atom is -0.508 e. The van der Waals surface area contributed by atoms with Gasteiger partial charge in [0.25, 0.3) is 0 Å². The summed E-state index contributed by atoms with van der Waals surface area (Å²) in [6, 6.07) is 5.88. The topological polar surface area (TPSA) is 108 Å². The number of ether oxygens (including phenoxy) is 1. The van der Waals surface area contributed by atoms with E-state index in [0.29, 0.717) is 58.4 Å². The zero-order valence-corrected chi connectivity index (χ0v) is 19.3. The summed E-state index contributed by atoms with van der Waals surface area (Å²) in [5, 5.41) is 9.92. The van der Waals surface area contributed by atoms with Gasteiger partial charge in [0, 0.05) is 57.4 Å². The van der Waals surface area contributed by atoms with Crippen LogP contribution in [0.1, 0.15) is 29.3 Å². The van der Waals surface area contributed by atoms with Crippen LogP contribution in [0.2, 0.25) is 0 Å². The molecule has 3 N–H and O–H groups in total. The number of hydrogen-bond acceptors (Lipinski definition) is 8. The van der Waals surface area contributed by atoms with Crippen molar-refractivity contribution in [1.82, 2.24) is 19.8 Å². The van der Waals surface area contributed by atoms with E-state index in [0.717, 1.165) is 28.2 Å². The molecule has 1 fully saturated rings. The third-order valence-electron chi connectivity index (χ3n) is 6.27. The number of aryl methyl sites for hydroxylation is 1. The van der Waals surface area contributed by atoms with Gasteiger partial charge in [-0.3, -0.25) is 9.69 Å². The molecule has 0 radical (unpaired) electrons. The minimum absolute atomic E-state index is 0.0472. The average molecular weight is 453 g/mol. The van der Waals surface area contributed by atoms with E-state index in [2.05, 4.69) is 28.3 Å². The van der Waals surface area contributed by atoms with Gasteiger partial charge in [0.15, 0.2) is 0 Å². The molecule has 0 bridgehead atoms. The number of piperazine rings is 1. The number of hydrogen-bond donors (Lipinski definition) is 2. The van der Waals surface area contributed by atoms with Crippen LogP contribution in [0.25, 0.3) is 0 Å². The molecule has 3 heterocycles. The van der Waals surface area contributed by atoms with Gasteiger partial charge in [0.2, 0.25) is 5.91 Å². The SMILES string of the molecule is C=CC(=O)N1CCN(c2nc(OCCN)nc3c2CN(Cc2cc(O)ccc2C)C3)[C@@H](C)C1. The normalized spacial score (nSPS) is 18.3. The lowest BCUT2D eigenvalue weighted by Gasteiger charge is -2.40. The lowest BCUT2D eigenvalue weighted by Crippen LogP contribution is -2.54. The Kier molecular flexibility index (Phi) is 6.80. The Morgan fingerprint density at radius 3 is 2.88 bits per heavy atom. The summed E-state index contributed by atoms with van der Waals surface area (Å²) in [6.07, 6.45) is 1.37. The first-order valence-electron chi connectivity index (χ1n) is 11.3. The maximum Gasteiger partial charge on any atom is 0.318 e. The Balaban J connectivity index is 1.60. The maximum absolute atomic E-state index is 12.1. The predicted octanol–water partition coefficient (Wildman–Crippen LogP) is 1.57. The monoisotopic (exact) mass is 452 g/mol. The second kappa shape index (κ2) is 9.76. The van der Waals surface area contributed by atoms with Gasteiger partial charge in [0.05, 0.1) is 5.69 Å². The van der Waals surface area contributed by atoms with Gasteiger partial charge in [0.1, 0.15) is 18.2 Å². The van der Waals surface area contributed by atoms with E-state index in [1.807, 2.05) is 24.0 Å². The molecular weight excluding hydrogens is 420 g/mol. The van der Waals surface area contributed by atoms with Gasteiger partial charge in [-0.1, -0.05) is 12.6 Å². The number of fused-ring (bicyclic) bond motifs is 1. The van der Waals surface area contributed by atoms with Gasteiger partial charge in [-0.25, -0.2) is 0 Å². The molecule has 9 heteroatoms. The van der Waals surface area contributed by atoms with Crippen LogP contribution in [0.3, 0.4) is 0 Å². The molecule has 9 nitrogen and oxygen atoms in total. The van der Waals surface area contributed by atoms with E-state index < -0.39 is 0 Å². The number of aromatic hydroxyl groups is 1. The van der Waals surface area contributed by atoms with Crippen LogP contribution in [0.5, 0.6) is 11.8 Å². The van der Waals surface area contributed by atoms with E-state index in [1.54, 1.807) is 6.07 Å². The lowest BCUT2D eigenvalue weighted by atomic mass is 10.1. The molecule has 1 atom stereocenters. The largest absolute Gasteiger partial charge is 0.508 e. The molecule has 1 amide bonds. The predicted molar refractivity (Wildman–Crippen MR) is 126 cm³/mol. The number of rotatable bonds is 7. The second-order valence-corrected chi connectivity index (χ2v) is 8.68. The van der Waals surface area contributed by atoms with E-state index in [9.17, 15) is 9.90 Å². The van der Waals surface area contributed by atoms with Crippen LogP contribution in [-0.2, 0) is 24.4 Å². The van der Waals surface area contributed by atoms with E-state index in [-0.39, 0.29) is 17.7 Å². The fourth-order valence-electron chi connectivity index (χ4n) is 4.51. The van der Waals surface area contributed by atoms with Crippen molar-refractivity contribution >= 4 is 11.7 Å². The number of aromatic nitrogens is 2. The molecule has 4 rings (SSSR count). The van der Waals surface area contributed by atoms with E-state index >= 15 is 0 Å². The first-order valence-corrected chi connectivity index (χ1v) is 11.3. The molecule has 1 saturated heterocycles. The highest BCUT2D eigenvalue weighted by atomic mass is 16.5. The Hall–Kier alpha value is -3.17.